The van der Waals surface area contributed by atoms with Crippen LogP contribution in [0.3, 0.4) is 0 Å². The van der Waals surface area contributed by atoms with Crippen molar-refractivity contribution >= 4 is 11.7 Å². The van der Waals surface area contributed by atoms with E-state index in [4.69, 9.17) is 0 Å². The van der Waals surface area contributed by atoms with Crippen LogP contribution in [0.5, 0.6) is 0 Å². The molecule has 1 N–H and O–H groups in total. The van der Waals surface area contributed by atoms with Crippen molar-refractivity contribution in [2.45, 2.75) is 18.9 Å². The molecule has 2 heterocycles. The number of amides is 1. The van der Waals surface area contributed by atoms with Crippen molar-refractivity contribution in [3.63, 3.8) is 0 Å². The van der Waals surface area contributed by atoms with E-state index in [1.165, 1.54) is 0 Å². The van der Waals surface area contributed by atoms with Crippen LogP contribution >= 0.6 is 0 Å². The molecule has 1 saturated carbocycles. The minimum Gasteiger partial charge on any atom is -0.355 e. The van der Waals surface area contributed by atoms with Crippen molar-refractivity contribution in [3.8, 4) is 11.3 Å². The Morgan fingerprint density at radius 3 is 2.64 bits per heavy atom. The van der Waals surface area contributed by atoms with Crippen LogP contribution in [-0.2, 0) is 4.79 Å². The van der Waals surface area contributed by atoms with Gasteiger partial charge in [-0.1, -0.05) is 30.3 Å². The van der Waals surface area contributed by atoms with Gasteiger partial charge in [-0.05, 0) is 12.8 Å². The predicted molar refractivity (Wildman–Crippen MR) is 84.3 cm³/mol. The third kappa shape index (κ3) is 2.66. The quantitative estimate of drug-likeness (QED) is 0.935. The molecule has 0 atom stereocenters. The number of carbonyl (C=O) groups is 1. The molecule has 1 amide bonds. The Bertz CT molecular complexity index is 678. The van der Waals surface area contributed by atoms with E-state index in [1.54, 1.807) is 6.33 Å². The molecule has 1 aromatic heterocycles. The van der Waals surface area contributed by atoms with E-state index in [0.717, 1.165) is 43.0 Å². The first-order valence-corrected chi connectivity index (χ1v) is 7.72. The lowest BCUT2D eigenvalue weighted by Gasteiger charge is -2.39. The molecule has 5 nitrogen and oxygen atoms in total. The fourth-order valence-corrected chi connectivity index (χ4v) is 2.66. The van der Waals surface area contributed by atoms with Gasteiger partial charge in [0.1, 0.15) is 12.1 Å². The summed E-state index contributed by atoms with van der Waals surface area (Å²) in [6.07, 6.45) is 3.86. The molecule has 112 valence electrons. The predicted octanol–water partition coefficient (Wildman–Crippen LogP) is 1.86. The van der Waals surface area contributed by atoms with E-state index in [0.29, 0.717) is 6.04 Å². The van der Waals surface area contributed by atoms with Crippen molar-refractivity contribution < 1.29 is 4.79 Å². The average Bonchev–Trinajstić information content (AvgIpc) is 3.31. The van der Waals surface area contributed by atoms with Crippen LogP contribution < -0.4 is 10.2 Å². The summed E-state index contributed by atoms with van der Waals surface area (Å²) in [6.45, 7) is 1.48. The largest absolute Gasteiger partial charge is 0.355 e. The highest BCUT2D eigenvalue weighted by Crippen LogP contribution is 2.27. The first kappa shape index (κ1) is 13.2. The summed E-state index contributed by atoms with van der Waals surface area (Å²) in [4.78, 5) is 22.8. The van der Waals surface area contributed by atoms with Gasteiger partial charge in [0.05, 0.1) is 11.6 Å². The second-order valence-electron chi connectivity index (χ2n) is 6.01. The number of carbonyl (C=O) groups excluding carboxylic acids is 1. The summed E-state index contributed by atoms with van der Waals surface area (Å²) in [5, 5.41) is 3.07. The summed E-state index contributed by atoms with van der Waals surface area (Å²) < 4.78 is 0. The van der Waals surface area contributed by atoms with Crippen molar-refractivity contribution in [1.29, 1.82) is 0 Å². The lowest BCUT2D eigenvalue weighted by atomic mass is 9.99. The summed E-state index contributed by atoms with van der Waals surface area (Å²) in [5.74, 6) is 1.18. The van der Waals surface area contributed by atoms with E-state index in [2.05, 4.69) is 20.2 Å². The molecular formula is C17H18N4O. The van der Waals surface area contributed by atoms with E-state index in [-0.39, 0.29) is 11.8 Å². The first-order chi connectivity index (χ1) is 10.8. The maximum absolute atomic E-state index is 12.0. The van der Waals surface area contributed by atoms with Crippen LogP contribution in [0.4, 0.5) is 5.82 Å². The van der Waals surface area contributed by atoms with Gasteiger partial charge in [-0.2, -0.15) is 0 Å². The topological polar surface area (TPSA) is 58.1 Å². The third-order valence-corrected chi connectivity index (χ3v) is 4.22. The zero-order valence-corrected chi connectivity index (χ0v) is 12.3. The Labute approximate surface area is 129 Å². The molecule has 5 heteroatoms. The third-order valence-electron chi connectivity index (χ3n) is 4.22. The highest BCUT2D eigenvalue weighted by molar-refractivity contribution is 5.82. The van der Waals surface area contributed by atoms with Crippen molar-refractivity contribution in [1.82, 2.24) is 15.3 Å². The van der Waals surface area contributed by atoms with Crippen LogP contribution in [0.25, 0.3) is 11.3 Å². The highest BCUT2D eigenvalue weighted by Gasteiger charge is 2.36. The molecule has 2 aromatic rings. The van der Waals surface area contributed by atoms with Gasteiger partial charge in [0.15, 0.2) is 0 Å². The van der Waals surface area contributed by atoms with Crippen LogP contribution in [0.2, 0.25) is 0 Å². The van der Waals surface area contributed by atoms with E-state index < -0.39 is 0 Å². The molecule has 22 heavy (non-hydrogen) atoms. The minimum absolute atomic E-state index is 0.0933. The molecule has 0 radical (unpaired) electrons. The van der Waals surface area contributed by atoms with Gasteiger partial charge < -0.3 is 10.2 Å². The van der Waals surface area contributed by atoms with Crippen LogP contribution in [0, 0.1) is 5.92 Å². The van der Waals surface area contributed by atoms with Gasteiger partial charge in [0.2, 0.25) is 5.91 Å². The molecule has 4 rings (SSSR count). The molecular weight excluding hydrogens is 276 g/mol. The normalized spacial score (nSPS) is 17.9. The Hall–Kier alpha value is -2.43. The lowest BCUT2D eigenvalue weighted by molar-refractivity contribution is -0.125. The van der Waals surface area contributed by atoms with Gasteiger partial charge in [0, 0.05) is 30.8 Å². The molecule has 1 aliphatic carbocycles. The zero-order chi connectivity index (χ0) is 14.9. The number of nitrogens with zero attached hydrogens (tertiary/aromatic N) is 3. The van der Waals surface area contributed by atoms with E-state index >= 15 is 0 Å². The average molecular weight is 294 g/mol. The smallest absolute Gasteiger partial charge is 0.226 e. The number of aromatic nitrogens is 2. The molecule has 0 unspecified atom stereocenters. The molecule has 0 spiro atoms. The SMILES string of the molecule is O=C(NC1CC1)C1CN(c2cc(-c3ccccc3)ncn2)C1. The number of benzene rings is 1. The molecule has 0 bridgehead atoms. The minimum atomic E-state index is 0.0933. The second-order valence-corrected chi connectivity index (χ2v) is 6.01. The number of hydrogen-bond acceptors (Lipinski definition) is 4. The van der Waals surface area contributed by atoms with Crippen molar-refractivity contribution in [2.75, 3.05) is 18.0 Å². The van der Waals surface area contributed by atoms with Gasteiger partial charge in [-0.3, -0.25) is 4.79 Å². The lowest BCUT2D eigenvalue weighted by Crippen LogP contribution is -2.54. The summed E-state index contributed by atoms with van der Waals surface area (Å²) in [7, 11) is 0. The second kappa shape index (κ2) is 5.40. The van der Waals surface area contributed by atoms with Crippen molar-refractivity contribution in [2.24, 2.45) is 5.92 Å². The summed E-state index contributed by atoms with van der Waals surface area (Å²) in [5.41, 5.74) is 1.99. The molecule has 1 aromatic carbocycles. The van der Waals surface area contributed by atoms with Gasteiger partial charge in [0.25, 0.3) is 0 Å². The van der Waals surface area contributed by atoms with E-state index in [1.807, 2.05) is 36.4 Å². The maximum atomic E-state index is 12.0. The Balaban J connectivity index is 1.43. The van der Waals surface area contributed by atoms with Gasteiger partial charge >= 0.3 is 0 Å². The summed E-state index contributed by atoms with van der Waals surface area (Å²) >= 11 is 0. The first-order valence-electron chi connectivity index (χ1n) is 7.72. The Morgan fingerprint density at radius 2 is 1.91 bits per heavy atom. The fourth-order valence-electron chi connectivity index (χ4n) is 2.66. The molecule has 2 aliphatic rings. The monoisotopic (exact) mass is 294 g/mol. The number of nitrogens with one attached hydrogen (secondary N) is 1. The van der Waals surface area contributed by atoms with Crippen molar-refractivity contribution in [3.05, 3.63) is 42.7 Å². The molecule has 1 aliphatic heterocycles. The van der Waals surface area contributed by atoms with Gasteiger partial charge in [-0.25, -0.2) is 9.97 Å². The maximum Gasteiger partial charge on any atom is 0.226 e. The molecule has 2 fully saturated rings. The summed E-state index contributed by atoms with van der Waals surface area (Å²) in [6, 6.07) is 12.5. The fraction of sp³-hybridized carbons (Fsp3) is 0.353. The highest BCUT2D eigenvalue weighted by atomic mass is 16.2. The number of hydrogen-bond donors (Lipinski definition) is 1. The standard InChI is InChI=1S/C17H18N4O/c22-17(20-14-6-7-14)13-9-21(10-13)16-8-15(18-11-19-16)12-4-2-1-3-5-12/h1-5,8,11,13-14H,6-7,9-10H2,(H,20,22). The Kier molecular flexibility index (Phi) is 3.25. The van der Waals surface area contributed by atoms with Crippen LogP contribution in [0.1, 0.15) is 12.8 Å². The number of anilines is 1. The zero-order valence-electron chi connectivity index (χ0n) is 12.3. The van der Waals surface area contributed by atoms with Crippen LogP contribution in [-0.4, -0.2) is 35.0 Å². The van der Waals surface area contributed by atoms with Gasteiger partial charge in [-0.15, -0.1) is 0 Å². The van der Waals surface area contributed by atoms with Crippen LogP contribution in [0.15, 0.2) is 42.7 Å². The van der Waals surface area contributed by atoms with E-state index in [9.17, 15) is 4.79 Å². The Morgan fingerprint density at radius 1 is 1.14 bits per heavy atom. The number of rotatable bonds is 4. The molecule has 1 saturated heterocycles.